The van der Waals surface area contributed by atoms with E-state index in [4.69, 9.17) is 10.3 Å². The van der Waals surface area contributed by atoms with E-state index in [0.717, 1.165) is 17.5 Å². The normalized spacial score (nSPS) is 7.77. The second-order valence-electron chi connectivity index (χ2n) is 2.24. The van der Waals surface area contributed by atoms with Gasteiger partial charge >= 0.3 is 6.21 Å². The molecule has 1 rings (SSSR count). The van der Waals surface area contributed by atoms with Gasteiger partial charge in [0.1, 0.15) is 5.75 Å². The molecule has 0 aliphatic heterocycles. The Morgan fingerprint density at radius 2 is 2.08 bits per heavy atom. The van der Waals surface area contributed by atoms with E-state index in [1.54, 1.807) is 7.11 Å². The van der Waals surface area contributed by atoms with Gasteiger partial charge in [0.15, 0.2) is 0 Å². The Labute approximate surface area is 76.6 Å². The third-order valence-corrected chi connectivity index (χ3v) is 1.43. The van der Waals surface area contributed by atoms with Crippen molar-refractivity contribution >= 4 is 6.21 Å². The monoisotopic (exact) mass is 172 g/mol. The highest BCUT2D eigenvalue weighted by Gasteiger charge is 1.88. The average molecular weight is 172 g/mol. The molecule has 0 aliphatic rings. The van der Waals surface area contributed by atoms with E-state index in [-0.39, 0.29) is 0 Å². The van der Waals surface area contributed by atoms with Crippen molar-refractivity contribution in [3.63, 3.8) is 0 Å². The Bertz CT molecular complexity index is 378. The summed E-state index contributed by atoms with van der Waals surface area (Å²) in [6.45, 7) is 0. The smallest absolute Gasteiger partial charge is 0.331 e. The number of hydrogen-bond acceptors (Lipinski definition) is 1. The summed E-state index contributed by atoms with van der Waals surface area (Å²) in [5, 5.41) is 0. The van der Waals surface area contributed by atoms with Gasteiger partial charge in [-0.2, -0.15) is 4.79 Å². The lowest BCUT2D eigenvalue weighted by Crippen LogP contribution is -1.81. The molecule has 0 saturated heterocycles. The first-order chi connectivity index (χ1) is 6.36. The fourth-order valence-corrected chi connectivity index (χ4v) is 0.819. The number of benzene rings is 1. The van der Waals surface area contributed by atoms with Crippen molar-refractivity contribution in [1.82, 2.24) is 0 Å². The fourth-order valence-electron chi connectivity index (χ4n) is 0.819. The average Bonchev–Trinajstić information content (AvgIpc) is 2.19. The summed E-state index contributed by atoms with van der Waals surface area (Å²) in [6.07, 6.45) is 1.13. The van der Waals surface area contributed by atoms with Crippen LogP contribution in [-0.4, -0.2) is 18.1 Å². The van der Waals surface area contributed by atoms with Crippen LogP contribution in [0.5, 0.6) is 5.75 Å². The standard InChI is InChI=1S/C10H8N2O/c1-13-10-6-4-9(5-7-10)3-2-8-12-11/h4-8H,1H3. The van der Waals surface area contributed by atoms with Crippen molar-refractivity contribution in [1.29, 1.82) is 0 Å². The fraction of sp³-hybridized carbons (Fsp3) is 0.100. The quantitative estimate of drug-likeness (QED) is 0.273. The Morgan fingerprint density at radius 3 is 2.62 bits per heavy atom. The van der Waals surface area contributed by atoms with E-state index in [1.807, 2.05) is 24.3 Å². The minimum Gasteiger partial charge on any atom is -0.497 e. The molecular formula is C10H8N2O. The molecule has 0 heterocycles. The second-order valence-corrected chi connectivity index (χ2v) is 2.24. The van der Waals surface area contributed by atoms with Crippen LogP contribution in [0.25, 0.3) is 5.53 Å². The SMILES string of the molecule is COc1ccc(C#CC=[N+]=[N-])cc1. The molecule has 3 nitrogen and oxygen atoms in total. The highest BCUT2D eigenvalue weighted by Crippen LogP contribution is 2.09. The van der Waals surface area contributed by atoms with Crippen LogP contribution in [-0.2, 0) is 0 Å². The van der Waals surface area contributed by atoms with Gasteiger partial charge in [0.05, 0.1) is 7.11 Å². The molecule has 0 aromatic heterocycles. The molecule has 1 aromatic carbocycles. The van der Waals surface area contributed by atoms with Gasteiger partial charge in [-0.1, -0.05) is 5.92 Å². The lowest BCUT2D eigenvalue weighted by atomic mass is 10.2. The molecular weight excluding hydrogens is 164 g/mol. The number of hydrogen-bond donors (Lipinski definition) is 0. The molecule has 0 fully saturated rings. The van der Waals surface area contributed by atoms with Crippen LogP contribution in [0.2, 0.25) is 0 Å². The van der Waals surface area contributed by atoms with Gasteiger partial charge in [-0.3, -0.25) is 0 Å². The van der Waals surface area contributed by atoms with E-state index in [0.29, 0.717) is 0 Å². The number of nitrogens with zero attached hydrogens (tertiary/aromatic N) is 2. The van der Waals surface area contributed by atoms with Crippen LogP contribution in [0.4, 0.5) is 0 Å². The van der Waals surface area contributed by atoms with Gasteiger partial charge in [0.25, 0.3) is 0 Å². The molecule has 0 N–H and O–H groups in total. The van der Waals surface area contributed by atoms with Crippen LogP contribution in [0.1, 0.15) is 5.56 Å². The molecule has 64 valence electrons. The van der Waals surface area contributed by atoms with Gasteiger partial charge in [-0.05, 0) is 24.3 Å². The second kappa shape index (κ2) is 4.76. The summed E-state index contributed by atoms with van der Waals surface area (Å²) in [5.74, 6) is 6.13. The lowest BCUT2D eigenvalue weighted by molar-refractivity contribution is 0.00586. The molecule has 0 bridgehead atoms. The van der Waals surface area contributed by atoms with Crippen molar-refractivity contribution in [2.24, 2.45) is 0 Å². The molecule has 0 unspecified atom stereocenters. The van der Waals surface area contributed by atoms with Gasteiger partial charge in [-0.25, -0.2) is 0 Å². The van der Waals surface area contributed by atoms with E-state index >= 15 is 0 Å². The van der Waals surface area contributed by atoms with Crippen LogP contribution >= 0.6 is 0 Å². The first-order valence-corrected chi connectivity index (χ1v) is 3.68. The molecule has 1 aromatic rings. The predicted molar refractivity (Wildman–Crippen MR) is 49.6 cm³/mol. The number of rotatable bonds is 1. The summed E-state index contributed by atoms with van der Waals surface area (Å²) in [6, 6.07) is 7.30. The Hall–Kier alpha value is -2.04. The van der Waals surface area contributed by atoms with Crippen molar-refractivity contribution in [2.75, 3.05) is 7.11 Å². The Morgan fingerprint density at radius 1 is 1.38 bits per heavy atom. The van der Waals surface area contributed by atoms with Gasteiger partial charge in [-0.15, -0.1) is 0 Å². The third-order valence-electron chi connectivity index (χ3n) is 1.43. The zero-order valence-electron chi connectivity index (χ0n) is 7.19. The number of ether oxygens (including phenoxy) is 1. The Balaban J connectivity index is 2.82. The highest BCUT2D eigenvalue weighted by atomic mass is 16.5. The minimum atomic E-state index is 0.793. The molecule has 0 amide bonds. The van der Waals surface area contributed by atoms with Crippen molar-refractivity contribution in [2.45, 2.75) is 0 Å². The van der Waals surface area contributed by atoms with E-state index < -0.39 is 0 Å². The van der Waals surface area contributed by atoms with Crippen molar-refractivity contribution in [3.05, 3.63) is 35.4 Å². The summed E-state index contributed by atoms with van der Waals surface area (Å²) in [7, 11) is 1.61. The first kappa shape index (κ1) is 9.05. The molecule has 0 atom stereocenters. The predicted octanol–water partition coefficient (Wildman–Crippen LogP) is 1.35. The van der Waals surface area contributed by atoms with E-state index in [1.165, 1.54) is 0 Å². The van der Waals surface area contributed by atoms with Crippen LogP contribution in [0.3, 0.4) is 0 Å². The number of methoxy groups -OCH3 is 1. The third kappa shape index (κ3) is 2.82. The van der Waals surface area contributed by atoms with Crippen LogP contribution in [0, 0.1) is 11.8 Å². The molecule has 13 heavy (non-hydrogen) atoms. The van der Waals surface area contributed by atoms with Crippen LogP contribution in [0.15, 0.2) is 24.3 Å². The maximum atomic E-state index is 8.07. The maximum Gasteiger partial charge on any atom is 0.331 e. The van der Waals surface area contributed by atoms with E-state index in [2.05, 4.69) is 16.6 Å². The summed E-state index contributed by atoms with van der Waals surface area (Å²) < 4.78 is 4.98. The summed E-state index contributed by atoms with van der Waals surface area (Å²) in [4.78, 5) is 2.76. The summed E-state index contributed by atoms with van der Waals surface area (Å²) >= 11 is 0. The van der Waals surface area contributed by atoms with Crippen molar-refractivity contribution < 1.29 is 9.53 Å². The molecule has 0 saturated carbocycles. The minimum absolute atomic E-state index is 0.793. The molecule has 0 spiro atoms. The molecule has 3 heteroatoms. The zero-order valence-corrected chi connectivity index (χ0v) is 7.19. The highest BCUT2D eigenvalue weighted by molar-refractivity contribution is 5.74. The van der Waals surface area contributed by atoms with Gasteiger partial charge in [0.2, 0.25) is 0 Å². The topological polar surface area (TPSA) is 45.6 Å². The Kier molecular flexibility index (Phi) is 3.31. The van der Waals surface area contributed by atoms with Crippen molar-refractivity contribution in [3.8, 4) is 17.6 Å². The maximum absolute atomic E-state index is 8.07. The lowest BCUT2D eigenvalue weighted by Gasteiger charge is -1.96. The van der Waals surface area contributed by atoms with Crippen LogP contribution < -0.4 is 4.74 Å². The van der Waals surface area contributed by atoms with Gasteiger partial charge < -0.3 is 10.3 Å². The molecule has 0 radical (unpaired) electrons. The van der Waals surface area contributed by atoms with Gasteiger partial charge in [0, 0.05) is 11.5 Å². The zero-order chi connectivity index (χ0) is 9.52. The summed E-state index contributed by atoms with van der Waals surface area (Å²) in [5.41, 5.74) is 8.92. The molecule has 0 aliphatic carbocycles. The largest absolute Gasteiger partial charge is 0.497 e. The van der Waals surface area contributed by atoms with E-state index in [9.17, 15) is 0 Å². The first-order valence-electron chi connectivity index (χ1n) is 3.68.